The molecule has 0 aliphatic carbocycles. The van der Waals surface area contributed by atoms with Gasteiger partial charge in [-0.05, 0) is 49.1 Å². The van der Waals surface area contributed by atoms with Crippen molar-refractivity contribution < 1.29 is 0 Å². The molecular formula is C16H17N3S. The predicted octanol–water partition coefficient (Wildman–Crippen LogP) is 4.62. The van der Waals surface area contributed by atoms with Crippen molar-refractivity contribution in [3.63, 3.8) is 0 Å². The summed E-state index contributed by atoms with van der Waals surface area (Å²) in [7, 11) is 0. The molecule has 3 nitrogen and oxygen atoms in total. The van der Waals surface area contributed by atoms with Crippen molar-refractivity contribution in [1.82, 2.24) is 10.2 Å². The summed E-state index contributed by atoms with van der Waals surface area (Å²) in [5.74, 6) is 0. The molecule has 1 atom stereocenters. The standard InChI is InChI=1S/C16H17N3S/c1-11-7-9-20-16(11)12(2)18-14-5-3-4-13(10-14)15-6-8-17-19-15/h3-10,12,18H,1-2H3,(H,17,19). The molecule has 102 valence electrons. The Morgan fingerprint density at radius 1 is 1.25 bits per heavy atom. The van der Waals surface area contributed by atoms with E-state index in [4.69, 9.17) is 0 Å². The summed E-state index contributed by atoms with van der Waals surface area (Å²) in [6.45, 7) is 4.35. The van der Waals surface area contributed by atoms with Crippen LogP contribution in [-0.2, 0) is 0 Å². The van der Waals surface area contributed by atoms with Crippen molar-refractivity contribution >= 4 is 17.0 Å². The minimum absolute atomic E-state index is 0.312. The lowest BCUT2D eigenvalue weighted by Crippen LogP contribution is -2.05. The molecule has 1 aromatic carbocycles. The molecule has 2 N–H and O–H groups in total. The number of nitrogens with zero attached hydrogens (tertiary/aromatic N) is 1. The number of hydrogen-bond acceptors (Lipinski definition) is 3. The molecule has 0 bridgehead atoms. The third-order valence-electron chi connectivity index (χ3n) is 3.35. The van der Waals surface area contributed by atoms with Gasteiger partial charge in [0.1, 0.15) is 0 Å². The monoisotopic (exact) mass is 283 g/mol. The van der Waals surface area contributed by atoms with Gasteiger partial charge in [0.05, 0.1) is 11.7 Å². The second-order valence-corrected chi connectivity index (χ2v) is 5.83. The maximum Gasteiger partial charge on any atom is 0.0650 e. The van der Waals surface area contributed by atoms with E-state index in [9.17, 15) is 0 Å². The second kappa shape index (κ2) is 5.51. The summed E-state index contributed by atoms with van der Waals surface area (Å²) in [5.41, 5.74) is 4.65. The lowest BCUT2D eigenvalue weighted by Gasteiger charge is -2.15. The van der Waals surface area contributed by atoms with Gasteiger partial charge in [0.15, 0.2) is 0 Å². The molecule has 4 heteroatoms. The summed E-state index contributed by atoms with van der Waals surface area (Å²) in [5, 5.41) is 12.7. The first-order chi connectivity index (χ1) is 9.74. The van der Waals surface area contributed by atoms with Crippen LogP contribution in [0.15, 0.2) is 48.0 Å². The highest BCUT2D eigenvalue weighted by atomic mass is 32.1. The fourth-order valence-corrected chi connectivity index (χ4v) is 3.27. The van der Waals surface area contributed by atoms with Gasteiger partial charge in [0, 0.05) is 22.3 Å². The van der Waals surface area contributed by atoms with Crippen LogP contribution in [0.2, 0.25) is 0 Å². The number of aromatic nitrogens is 2. The lowest BCUT2D eigenvalue weighted by atomic mass is 10.1. The summed E-state index contributed by atoms with van der Waals surface area (Å²) in [4.78, 5) is 1.39. The van der Waals surface area contributed by atoms with E-state index in [-0.39, 0.29) is 0 Å². The molecule has 0 saturated carbocycles. The van der Waals surface area contributed by atoms with Crippen LogP contribution in [0.4, 0.5) is 5.69 Å². The second-order valence-electron chi connectivity index (χ2n) is 4.89. The number of nitrogens with one attached hydrogen (secondary N) is 2. The molecule has 3 rings (SSSR count). The van der Waals surface area contributed by atoms with Crippen LogP contribution in [0.5, 0.6) is 0 Å². The molecular weight excluding hydrogens is 266 g/mol. The van der Waals surface area contributed by atoms with E-state index < -0.39 is 0 Å². The fraction of sp³-hybridized carbons (Fsp3) is 0.188. The highest BCUT2D eigenvalue weighted by Crippen LogP contribution is 2.28. The van der Waals surface area contributed by atoms with Gasteiger partial charge < -0.3 is 5.32 Å². The zero-order valence-electron chi connectivity index (χ0n) is 11.6. The molecule has 0 radical (unpaired) electrons. The largest absolute Gasteiger partial charge is 0.378 e. The normalized spacial score (nSPS) is 12.3. The zero-order chi connectivity index (χ0) is 13.9. The van der Waals surface area contributed by atoms with Crippen LogP contribution in [0.25, 0.3) is 11.3 Å². The maximum atomic E-state index is 4.00. The molecule has 3 aromatic rings. The topological polar surface area (TPSA) is 40.7 Å². The van der Waals surface area contributed by atoms with Gasteiger partial charge in [-0.3, -0.25) is 5.10 Å². The van der Waals surface area contributed by atoms with Crippen LogP contribution in [0.1, 0.15) is 23.4 Å². The van der Waals surface area contributed by atoms with Crippen LogP contribution >= 0.6 is 11.3 Å². The third kappa shape index (κ3) is 2.60. The van der Waals surface area contributed by atoms with E-state index in [1.807, 2.05) is 6.07 Å². The molecule has 1 unspecified atom stereocenters. The molecule has 0 aliphatic rings. The average Bonchev–Trinajstić information content (AvgIpc) is 3.09. The van der Waals surface area contributed by atoms with E-state index in [1.165, 1.54) is 10.4 Å². The Kier molecular flexibility index (Phi) is 3.56. The number of aromatic amines is 1. The van der Waals surface area contributed by atoms with Crippen molar-refractivity contribution in [3.05, 3.63) is 58.4 Å². The van der Waals surface area contributed by atoms with Crippen LogP contribution in [0.3, 0.4) is 0 Å². The van der Waals surface area contributed by atoms with Gasteiger partial charge in [-0.25, -0.2) is 0 Å². The van der Waals surface area contributed by atoms with Gasteiger partial charge in [0.25, 0.3) is 0 Å². The van der Waals surface area contributed by atoms with Crippen LogP contribution in [-0.4, -0.2) is 10.2 Å². The van der Waals surface area contributed by atoms with Crippen molar-refractivity contribution in [2.24, 2.45) is 0 Å². The minimum atomic E-state index is 0.312. The van der Waals surface area contributed by atoms with E-state index in [0.29, 0.717) is 6.04 Å². The van der Waals surface area contributed by atoms with Crippen LogP contribution < -0.4 is 5.32 Å². The van der Waals surface area contributed by atoms with Crippen molar-refractivity contribution in [1.29, 1.82) is 0 Å². The van der Waals surface area contributed by atoms with Gasteiger partial charge in [0.2, 0.25) is 0 Å². The van der Waals surface area contributed by atoms with E-state index >= 15 is 0 Å². The molecule has 0 spiro atoms. The maximum absolute atomic E-state index is 4.00. The first kappa shape index (κ1) is 12.9. The zero-order valence-corrected chi connectivity index (χ0v) is 12.4. The first-order valence-corrected chi connectivity index (χ1v) is 7.52. The fourth-order valence-electron chi connectivity index (χ4n) is 2.34. The summed E-state index contributed by atoms with van der Waals surface area (Å²) in [6, 6.07) is 12.8. The molecule has 0 fully saturated rings. The Hall–Kier alpha value is -2.07. The van der Waals surface area contributed by atoms with Crippen molar-refractivity contribution in [2.45, 2.75) is 19.9 Å². The number of thiophene rings is 1. The number of rotatable bonds is 4. The Balaban J connectivity index is 1.81. The highest BCUT2D eigenvalue weighted by Gasteiger charge is 2.10. The number of benzene rings is 1. The van der Waals surface area contributed by atoms with Gasteiger partial charge in [-0.15, -0.1) is 11.3 Å². The quantitative estimate of drug-likeness (QED) is 0.733. The first-order valence-electron chi connectivity index (χ1n) is 6.64. The Bertz CT molecular complexity index is 685. The Morgan fingerprint density at radius 2 is 2.15 bits per heavy atom. The van der Waals surface area contributed by atoms with E-state index in [2.05, 4.69) is 65.1 Å². The SMILES string of the molecule is Cc1ccsc1C(C)Nc1cccc(-c2ccn[nH]2)c1. The van der Waals surface area contributed by atoms with Gasteiger partial charge in [-0.1, -0.05) is 12.1 Å². The van der Waals surface area contributed by atoms with Gasteiger partial charge in [-0.2, -0.15) is 5.10 Å². The molecule has 20 heavy (non-hydrogen) atoms. The Labute approximate surface area is 122 Å². The summed E-state index contributed by atoms with van der Waals surface area (Å²) in [6.07, 6.45) is 1.77. The summed E-state index contributed by atoms with van der Waals surface area (Å²) >= 11 is 1.80. The Morgan fingerprint density at radius 3 is 2.85 bits per heavy atom. The van der Waals surface area contributed by atoms with E-state index in [0.717, 1.165) is 16.9 Å². The number of aryl methyl sites for hydroxylation is 1. The number of hydrogen-bond donors (Lipinski definition) is 2. The van der Waals surface area contributed by atoms with E-state index in [1.54, 1.807) is 17.5 Å². The lowest BCUT2D eigenvalue weighted by molar-refractivity contribution is 0.899. The third-order valence-corrected chi connectivity index (χ3v) is 4.55. The molecule has 0 aliphatic heterocycles. The predicted molar refractivity (Wildman–Crippen MR) is 85.1 cm³/mol. The summed E-state index contributed by atoms with van der Waals surface area (Å²) < 4.78 is 0. The van der Waals surface area contributed by atoms with Crippen molar-refractivity contribution in [3.8, 4) is 11.3 Å². The average molecular weight is 283 g/mol. The number of H-pyrrole nitrogens is 1. The molecule has 0 saturated heterocycles. The minimum Gasteiger partial charge on any atom is -0.378 e. The van der Waals surface area contributed by atoms with Crippen molar-refractivity contribution in [2.75, 3.05) is 5.32 Å². The van der Waals surface area contributed by atoms with Crippen LogP contribution in [0, 0.1) is 6.92 Å². The van der Waals surface area contributed by atoms with Gasteiger partial charge >= 0.3 is 0 Å². The number of anilines is 1. The smallest absolute Gasteiger partial charge is 0.0650 e. The molecule has 2 aromatic heterocycles. The highest BCUT2D eigenvalue weighted by molar-refractivity contribution is 7.10. The molecule has 2 heterocycles. The molecule has 0 amide bonds.